The number of nitrogens with zero attached hydrogens (tertiary/aromatic N) is 1. The van der Waals surface area contributed by atoms with Gasteiger partial charge >= 0.3 is 0 Å². The number of nitrogens with one attached hydrogen (secondary N) is 1. The average Bonchev–Trinajstić information content (AvgIpc) is 2.14. The van der Waals surface area contributed by atoms with Crippen molar-refractivity contribution >= 4 is 5.90 Å². The van der Waals surface area contributed by atoms with Crippen LogP contribution < -0.4 is 5.43 Å². The molecule has 1 atom stereocenters. The number of hydrogen-bond donors (Lipinski definition) is 1. The Bertz CT molecular complexity index is 111. The monoisotopic (exact) mass is 114 g/mol. The maximum atomic E-state index is 5.15. The van der Waals surface area contributed by atoms with Gasteiger partial charge in [0.05, 0.1) is 0 Å². The van der Waals surface area contributed by atoms with Crippen LogP contribution in [0, 0.1) is 0 Å². The van der Waals surface area contributed by atoms with Crippen LogP contribution in [0.1, 0.15) is 20.3 Å². The summed E-state index contributed by atoms with van der Waals surface area (Å²) in [6.45, 7) is 3.88. The predicted molar refractivity (Wildman–Crippen MR) is 31.4 cm³/mol. The van der Waals surface area contributed by atoms with Gasteiger partial charge < -0.3 is 4.74 Å². The molecule has 0 saturated heterocycles. The molecule has 3 nitrogen and oxygen atoms in total. The maximum Gasteiger partial charge on any atom is 0.204 e. The molecule has 1 N–H and O–H groups in total. The molecule has 0 spiro atoms. The Morgan fingerprint density at radius 3 is 2.88 bits per heavy atom. The number of hydrazone groups is 1. The largest absolute Gasteiger partial charge is 0.455 e. The normalized spacial score (nSPS) is 26.2. The van der Waals surface area contributed by atoms with Gasteiger partial charge in [0.15, 0.2) is 6.23 Å². The van der Waals surface area contributed by atoms with E-state index in [9.17, 15) is 0 Å². The molecule has 0 fully saturated rings. The molecule has 1 rings (SSSR count). The van der Waals surface area contributed by atoms with Crippen LogP contribution in [0.5, 0.6) is 0 Å². The van der Waals surface area contributed by atoms with Crippen LogP contribution in [0.25, 0.3) is 0 Å². The van der Waals surface area contributed by atoms with Gasteiger partial charge in [-0.05, 0) is 0 Å². The number of hydrogen-bond acceptors (Lipinski definition) is 3. The fraction of sp³-hybridized carbons (Fsp3) is 0.800. The van der Waals surface area contributed by atoms with Gasteiger partial charge in [-0.3, -0.25) is 5.43 Å². The third kappa shape index (κ3) is 0.911. The Morgan fingerprint density at radius 1 is 1.88 bits per heavy atom. The summed E-state index contributed by atoms with van der Waals surface area (Å²) in [5.74, 6) is 0.733. The van der Waals surface area contributed by atoms with E-state index in [1.807, 2.05) is 13.8 Å². The minimum absolute atomic E-state index is 0.120. The predicted octanol–water partition coefficient (Wildman–Crippen LogP) is 0.676. The minimum Gasteiger partial charge on any atom is -0.455 e. The van der Waals surface area contributed by atoms with Gasteiger partial charge in [-0.2, -0.15) is 0 Å². The number of ether oxygens (including phenoxy) is 1. The van der Waals surface area contributed by atoms with Gasteiger partial charge in [0, 0.05) is 13.3 Å². The third-order valence-electron chi connectivity index (χ3n) is 1.05. The molecule has 1 aliphatic rings. The molecule has 1 aliphatic heterocycles. The molecule has 0 amide bonds. The van der Waals surface area contributed by atoms with Crippen LogP contribution in [0.15, 0.2) is 5.10 Å². The Balaban J connectivity index is 2.32. The van der Waals surface area contributed by atoms with E-state index >= 15 is 0 Å². The molecule has 0 aromatic carbocycles. The van der Waals surface area contributed by atoms with Crippen molar-refractivity contribution in [3.05, 3.63) is 0 Å². The lowest BCUT2D eigenvalue weighted by molar-refractivity contribution is 0.181. The van der Waals surface area contributed by atoms with Crippen LogP contribution in [-0.2, 0) is 4.74 Å². The second-order valence-electron chi connectivity index (χ2n) is 1.77. The summed E-state index contributed by atoms with van der Waals surface area (Å²) in [6, 6.07) is 0. The van der Waals surface area contributed by atoms with E-state index in [1.165, 1.54) is 0 Å². The molecular formula is C5H10N2O. The fourth-order valence-electron chi connectivity index (χ4n) is 0.596. The summed E-state index contributed by atoms with van der Waals surface area (Å²) in [7, 11) is 0. The van der Waals surface area contributed by atoms with Gasteiger partial charge in [0.25, 0.3) is 0 Å². The van der Waals surface area contributed by atoms with E-state index in [-0.39, 0.29) is 6.23 Å². The molecule has 0 bridgehead atoms. The lowest BCUT2D eigenvalue weighted by Crippen LogP contribution is -2.19. The summed E-state index contributed by atoms with van der Waals surface area (Å²) in [4.78, 5) is 0. The molecule has 0 aromatic rings. The van der Waals surface area contributed by atoms with Crippen molar-refractivity contribution in [2.24, 2.45) is 5.10 Å². The number of rotatable bonds is 1. The lowest BCUT2D eigenvalue weighted by atomic mass is 10.4. The quantitative estimate of drug-likeness (QED) is 0.543. The van der Waals surface area contributed by atoms with E-state index in [1.54, 1.807) is 0 Å². The zero-order valence-electron chi connectivity index (χ0n) is 5.14. The van der Waals surface area contributed by atoms with E-state index in [2.05, 4.69) is 10.5 Å². The van der Waals surface area contributed by atoms with Crippen molar-refractivity contribution in [3.63, 3.8) is 0 Å². The SMILES string of the molecule is CCC1NN=C(C)O1. The van der Waals surface area contributed by atoms with Gasteiger partial charge in [-0.1, -0.05) is 6.92 Å². The first kappa shape index (κ1) is 5.41. The summed E-state index contributed by atoms with van der Waals surface area (Å²) < 4.78 is 5.15. The standard InChI is InChI=1S/C5H10N2O/c1-3-5-7-6-4(2)8-5/h5,7H,3H2,1-2H3. The van der Waals surface area contributed by atoms with Gasteiger partial charge in [0.1, 0.15) is 0 Å². The van der Waals surface area contributed by atoms with Gasteiger partial charge in [-0.15, -0.1) is 5.10 Å². The molecule has 46 valence electrons. The third-order valence-corrected chi connectivity index (χ3v) is 1.05. The highest BCUT2D eigenvalue weighted by molar-refractivity contribution is 5.73. The van der Waals surface area contributed by atoms with Crippen molar-refractivity contribution in [1.82, 2.24) is 5.43 Å². The summed E-state index contributed by atoms with van der Waals surface area (Å²) >= 11 is 0. The maximum absolute atomic E-state index is 5.15. The second-order valence-corrected chi connectivity index (χ2v) is 1.77. The van der Waals surface area contributed by atoms with Gasteiger partial charge in [0.2, 0.25) is 5.90 Å². The molecule has 0 saturated carbocycles. The summed E-state index contributed by atoms with van der Waals surface area (Å²) in [5.41, 5.74) is 2.82. The van der Waals surface area contributed by atoms with Crippen molar-refractivity contribution < 1.29 is 4.74 Å². The van der Waals surface area contributed by atoms with E-state index < -0.39 is 0 Å². The van der Waals surface area contributed by atoms with Gasteiger partial charge in [-0.25, -0.2) is 0 Å². The Kier molecular flexibility index (Phi) is 1.37. The fourth-order valence-corrected chi connectivity index (χ4v) is 0.596. The molecule has 0 aliphatic carbocycles. The highest BCUT2D eigenvalue weighted by Gasteiger charge is 2.11. The molecule has 1 heterocycles. The molecule has 8 heavy (non-hydrogen) atoms. The van der Waals surface area contributed by atoms with Crippen molar-refractivity contribution in [1.29, 1.82) is 0 Å². The van der Waals surface area contributed by atoms with Crippen LogP contribution in [0.4, 0.5) is 0 Å². The Hall–Kier alpha value is -0.730. The minimum atomic E-state index is 0.120. The molecular weight excluding hydrogens is 104 g/mol. The zero-order chi connectivity index (χ0) is 5.98. The first-order valence-electron chi connectivity index (χ1n) is 2.79. The second kappa shape index (κ2) is 2.03. The van der Waals surface area contributed by atoms with Crippen molar-refractivity contribution in [2.75, 3.05) is 0 Å². The van der Waals surface area contributed by atoms with Crippen LogP contribution in [-0.4, -0.2) is 12.1 Å². The van der Waals surface area contributed by atoms with Crippen LogP contribution >= 0.6 is 0 Å². The summed E-state index contributed by atoms with van der Waals surface area (Å²) in [5, 5.41) is 3.83. The molecule has 0 radical (unpaired) electrons. The Labute approximate surface area is 48.7 Å². The molecule has 3 heteroatoms. The van der Waals surface area contributed by atoms with Crippen LogP contribution in [0.3, 0.4) is 0 Å². The highest BCUT2D eigenvalue weighted by Crippen LogP contribution is 2.00. The summed E-state index contributed by atoms with van der Waals surface area (Å²) in [6.07, 6.45) is 1.08. The van der Waals surface area contributed by atoms with E-state index in [4.69, 9.17) is 4.74 Å². The Morgan fingerprint density at radius 2 is 2.62 bits per heavy atom. The first-order chi connectivity index (χ1) is 3.83. The highest BCUT2D eigenvalue weighted by atomic mass is 16.5. The topological polar surface area (TPSA) is 33.6 Å². The molecule has 1 unspecified atom stereocenters. The smallest absolute Gasteiger partial charge is 0.204 e. The van der Waals surface area contributed by atoms with Crippen LogP contribution in [0.2, 0.25) is 0 Å². The zero-order valence-corrected chi connectivity index (χ0v) is 5.14. The lowest BCUT2D eigenvalue weighted by Gasteiger charge is -2.04. The van der Waals surface area contributed by atoms with Crippen molar-refractivity contribution in [3.8, 4) is 0 Å². The van der Waals surface area contributed by atoms with Crippen molar-refractivity contribution in [2.45, 2.75) is 26.5 Å². The first-order valence-corrected chi connectivity index (χ1v) is 2.79. The van der Waals surface area contributed by atoms with E-state index in [0.717, 1.165) is 12.3 Å². The molecule has 0 aromatic heterocycles. The van der Waals surface area contributed by atoms with E-state index in [0.29, 0.717) is 0 Å². The average molecular weight is 114 g/mol.